The summed E-state index contributed by atoms with van der Waals surface area (Å²) >= 11 is 3.35. The lowest BCUT2D eigenvalue weighted by Crippen LogP contribution is -2.07. The van der Waals surface area contributed by atoms with Crippen molar-refractivity contribution in [3.05, 3.63) is 28.5 Å². The minimum atomic E-state index is 0.324. The van der Waals surface area contributed by atoms with Crippen molar-refractivity contribution in [2.75, 3.05) is 0 Å². The van der Waals surface area contributed by atoms with E-state index >= 15 is 0 Å². The minimum Gasteiger partial charge on any atom is -0.372 e. The van der Waals surface area contributed by atoms with Crippen LogP contribution in [0.2, 0.25) is 0 Å². The van der Waals surface area contributed by atoms with Crippen LogP contribution in [0.25, 0.3) is 0 Å². The van der Waals surface area contributed by atoms with Crippen molar-refractivity contribution in [2.45, 2.75) is 39.4 Å². The Morgan fingerprint density at radius 2 is 2.29 bits per heavy atom. The molecule has 78 valence electrons. The van der Waals surface area contributed by atoms with Crippen molar-refractivity contribution in [1.29, 1.82) is 0 Å². The standard InChI is InChI=1S/C11H16BrNO/c1-3-4-9(2)14-8-11-6-5-10(12)7-13-11/h5-7,9H,3-4,8H2,1-2H3. The van der Waals surface area contributed by atoms with Crippen molar-refractivity contribution in [2.24, 2.45) is 0 Å². The van der Waals surface area contributed by atoms with E-state index in [0.717, 1.165) is 23.0 Å². The molecule has 0 N–H and O–H groups in total. The molecule has 0 saturated heterocycles. The largest absolute Gasteiger partial charge is 0.372 e. The monoisotopic (exact) mass is 257 g/mol. The lowest BCUT2D eigenvalue weighted by atomic mass is 10.2. The van der Waals surface area contributed by atoms with Crippen LogP contribution in [-0.4, -0.2) is 11.1 Å². The quantitative estimate of drug-likeness (QED) is 0.805. The summed E-state index contributed by atoms with van der Waals surface area (Å²) in [5.41, 5.74) is 0.983. The van der Waals surface area contributed by atoms with Crippen LogP contribution in [-0.2, 0) is 11.3 Å². The number of pyridine rings is 1. The van der Waals surface area contributed by atoms with Crippen LogP contribution >= 0.6 is 15.9 Å². The van der Waals surface area contributed by atoms with E-state index in [2.05, 4.69) is 34.8 Å². The molecule has 0 fully saturated rings. The summed E-state index contributed by atoms with van der Waals surface area (Å²) in [5.74, 6) is 0. The molecule has 1 heterocycles. The van der Waals surface area contributed by atoms with Crippen LogP contribution in [0.5, 0.6) is 0 Å². The fourth-order valence-electron chi connectivity index (χ4n) is 1.21. The molecule has 0 aliphatic carbocycles. The molecule has 0 aliphatic heterocycles. The minimum absolute atomic E-state index is 0.324. The Labute approximate surface area is 93.8 Å². The van der Waals surface area contributed by atoms with Gasteiger partial charge in [0.15, 0.2) is 0 Å². The molecule has 3 heteroatoms. The van der Waals surface area contributed by atoms with Crippen LogP contribution in [0.15, 0.2) is 22.8 Å². The molecule has 1 unspecified atom stereocenters. The summed E-state index contributed by atoms with van der Waals surface area (Å²) in [5, 5.41) is 0. The number of aromatic nitrogens is 1. The molecule has 14 heavy (non-hydrogen) atoms. The van der Waals surface area contributed by atoms with Gasteiger partial charge in [0.2, 0.25) is 0 Å². The number of hydrogen-bond donors (Lipinski definition) is 0. The number of ether oxygens (including phenoxy) is 1. The van der Waals surface area contributed by atoms with E-state index in [9.17, 15) is 0 Å². The van der Waals surface area contributed by atoms with Gasteiger partial charge in [-0.15, -0.1) is 0 Å². The molecule has 2 nitrogen and oxygen atoms in total. The van der Waals surface area contributed by atoms with Gasteiger partial charge in [0.05, 0.1) is 18.4 Å². The Morgan fingerprint density at radius 3 is 2.86 bits per heavy atom. The van der Waals surface area contributed by atoms with Gasteiger partial charge < -0.3 is 4.74 Å². The summed E-state index contributed by atoms with van der Waals surface area (Å²) in [6.45, 7) is 4.87. The predicted molar refractivity (Wildman–Crippen MR) is 61.1 cm³/mol. The third-order valence-electron chi connectivity index (χ3n) is 2.00. The molecule has 0 aliphatic rings. The van der Waals surface area contributed by atoms with Crippen molar-refractivity contribution in [3.63, 3.8) is 0 Å². The Balaban J connectivity index is 2.34. The van der Waals surface area contributed by atoms with Crippen LogP contribution < -0.4 is 0 Å². The zero-order valence-corrected chi connectivity index (χ0v) is 10.3. The maximum absolute atomic E-state index is 5.63. The van der Waals surface area contributed by atoms with Crippen molar-refractivity contribution >= 4 is 15.9 Å². The third-order valence-corrected chi connectivity index (χ3v) is 2.47. The van der Waals surface area contributed by atoms with Gasteiger partial charge in [0, 0.05) is 10.7 Å². The molecule has 1 aromatic rings. The fraction of sp³-hybridized carbons (Fsp3) is 0.545. The molecule has 1 aromatic heterocycles. The van der Waals surface area contributed by atoms with Gasteiger partial charge in [0.25, 0.3) is 0 Å². The Bertz CT molecular complexity index is 260. The normalized spacial score (nSPS) is 12.8. The number of nitrogens with zero attached hydrogens (tertiary/aromatic N) is 1. The van der Waals surface area contributed by atoms with E-state index in [-0.39, 0.29) is 0 Å². The zero-order valence-electron chi connectivity index (χ0n) is 8.66. The van der Waals surface area contributed by atoms with Crippen LogP contribution in [0.4, 0.5) is 0 Å². The molecule has 0 bridgehead atoms. The van der Waals surface area contributed by atoms with Gasteiger partial charge in [-0.3, -0.25) is 4.98 Å². The Morgan fingerprint density at radius 1 is 1.50 bits per heavy atom. The molecule has 0 aromatic carbocycles. The summed E-state index contributed by atoms with van der Waals surface area (Å²) in [6.07, 6.45) is 4.39. The second-order valence-corrected chi connectivity index (χ2v) is 4.29. The summed E-state index contributed by atoms with van der Waals surface area (Å²) < 4.78 is 6.63. The van der Waals surface area contributed by atoms with Crippen molar-refractivity contribution in [3.8, 4) is 0 Å². The van der Waals surface area contributed by atoms with E-state index in [1.807, 2.05) is 12.1 Å². The van der Waals surface area contributed by atoms with E-state index in [1.54, 1.807) is 6.20 Å². The third kappa shape index (κ3) is 4.20. The molecule has 0 radical (unpaired) electrons. The van der Waals surface area contributed by atoms with Crippen LogP contribution in [0.3, 0.4) is 0 Å². The number of halogens is 1. The first-order valence-electron chi connectivity index (χ1n) is 4.94. The fourth-order valence-corrected chi connectivity index (χ4v) is 1.44. The molecule has 0 spiro atoms. The summed E-state index contributed by atoms with van der Waals surface area (Å²) in [7, 11) is 0. The first-order chi connectivity index (χ1) is 6.72. The lowest BCUT2D eigenvalue weighted by molar-refractivity contribution is 0.0452. The van der Waals surface area contributed by atoms with Gasteiger partial charge in [-0.25, -0.2) is 0 Å². The highest BCUT2D eigenvalue weighted by atomic mass is 79.9. The SMILES string of the molecule is CCCC(C)OCc1ccc(Br)cn1. The van der Waals surface area contributed by atoms with E-state index in [0.29, 0.717) is 12.7 Å². The molecule has 0 amide bonds. The molecule has 1 rings (SSSR count). The maximum atomic E-state index is 5.63. The maximum Gasteiger partial charge on any atom is 0.0891 e. The van der Waals surface area contributed by atoms with Crippen molar-refractivity contribution < 1.29 is 4.74 Å². The van der Waals surface area contributed by atoms with Crippen LogP contribution in [0, 0.1) is 0 Å². The van der Waals surface area contributed by atoms with E-state index in [1.165, 1.54) is 0 Å². The molecular weight excluding hydrogens is 242 g/mol. The highest BCUT2D eigenvalue weighted by Crippen LogP contribution is 2.09. The highest BCUT2D eigenvalue weighted by Gasteiger charge is 2.01. The van der Waals surface area contributed by atoms with Crippen LogP contribution in [0.1, 0.15) is 32.4 Å². The summed E-state index contributed by atoms with van der Waals surface area (Å²) in [6, 6.07) is 3.96. The van der Waals surface area contributed by atoms with Gasteiger partial charge >= 0.3 is 0 Å². The second kappa shape index (κ2) is 6.14. The van der Waals surface area contributed by atoms with Crippen molar-refractivity contribution in [1.82, 2.24) is 4.98 Å². The Hall–Kier alpha value is -0.410. The molecule has 0 saturated carbocycles. The second-order valence-electron chi connectivity index (χ2n) is 3.38. The average molecular weight is 258 g/mol. The highest BCUT2D eigenvalue weighted by molar-refractivity contribution is 9.10. The van der Waals surface area contributed by atoms with E-state index < -0.39 is 0 Å². The Kier molecular flexibility index (Phi) is 5.12. The first kappa shape index (κ1) is 11.7. The predicted octanol–water partition coefficient (Wildman–Crippen LogP) is 3.55. The topological polar surface area (TPSA) is 22.1 Å². The first-order valence-corrected chi connectivity index (χ1v) is 5.73. The van der Waals surface area contributed by atoms with Gasteiger partial charge in [0.1, 0.15) is 0 Å². The zero-order chi connectivity index (χ0) is 10.4. The number of hydrogen-bond acceptors (Lipinski definition) is 2. The van der Waals surface area contributed by atoms with Gasteiger partial charge in [-0.2, -0.15) is 0 Å². The van der Waals surface area contributed by atoms with Gasteiger partial charge in [-0.05, 0) is 41.4 Å². The average Bonchev–Trinajstić information content (AvgIpc) is 2.17. The summed E-state index contributed by atoms with van der Waals surface area (Å²) in [4.78, 5) is 4.24. The molecular formula is C11H16BrNO. The number of rotatable bonds is 5. The molecule has 1 atom stereocenters. The smallest absolute Gasteiger partial charge is 0.0891 e. The van der Waals surface area contributed by atoms with E-state index in [4.69, 9.17) is 4.74 Å². The van der Waals surface area contributed by atoms with Gasteiger partial charge in [-0.1, -0.05) is 13.3 Å². The lowest BCUT2D eigenvalue weighted by Gasteiger charge is -2.11.